The number of halogens is 2. The Kier molecular flexibility index (Phi) is 8.56. The molecule has 0 atom stereocenters. The minimum atomic E-state index is -0.911. The first-order valence-electron chi connectivity index (χ1n) is 9.58. The number of carbonyl (C=O) groups is 3. The highest BCUT2D eigenvalue weighted by molar-refractivity contribution is 9.10. The number of nitrogens with one attached hydrogen (secondary N) is 3. The summed E-state index contributed by atoms with van der Waals surface area (Å²) in [5.41, 5.74) is 3.78. The van der Waals surface area contributed by atoms with Crippen molar-refractivity contribution in [3.8, 4) is 5.75 Å². The van der Waals surface area contributed by atoms with Gasteiger partial charge in [-0.1, -0.05) is 35.9 Å². The summed E-state index contributed by atoms with van der Waals surface area (Å²) in [6.45, 7) is -0.193. The third kappa shape index (κ3) is 7.44. The van der Waals surface area contributed by atoms with E-state index in [2.05, 4.69) is 37.1 Å². The molecule has 0 radical (unpaired) electrons. The van der Waals surface area contributed by atoms with E-state index < -0.39 is 11.8 Å². The summed E-state index contributed by atoms with van der Waals surface area (Å²) in [5, 5.41) is 9.35. The minimum Gasteiger partial charge on any atom is -0.484 e. The number of hydrogen-bond donors (Lipinski definition) is 3. The second kappa shape index (κ2) is 11.8. The molecule has 0 aromatic heterocycles. The lowest BCUT2D eigenvalue weighted by atomic mass is 10.2. The van der Waals surface area contributed by atoms with Gasteiger partial charge in [0, 0.05) is 4.47 Å². The zero-order valence-electron chi connectivity index (χ0n) is 17.0. The van der Waals surface area contributed by atoms with Crippen molar-refractivity contribution in [3.05, 3.63) is 87.9 Å². The fourth-order valence-electron chi connectivity index (χ4n) is 2.51. The van der Waals surface area contributed by atoms with E-state index in [-0.39, 0.29) is 12.5 Å². The molecule has 0 aliphatic heterocycles. The maximum absolute atomic E-state index is 12.0. The molecule has 0 unspecified atom stereocenters. The van der Waals surface area contributed by atoms with E-state index in [9.17, 15) is 14.4 Å². The molecule has 168 valence electrons. The fourth-order valence-corrected chi connectivity index (χ4v) is 3.07. The van der Waals surface area contributed by atoms with Crippen LogP contribution in [0.5, 0.6) is 5.75 Å². The van der Waals surface area contributed by atoms with Crippen LogP contribution in [-0.4, -0.2) is 30.5 Å². The molecule has 0 aliphatic rings. The van der Waals surface area contributed by atoms with Crippen molar-refractivity contribution in [2.45, 2.75) is 0 Å². The van der Waals surface area contributed by atoms with E-state index in [4.69, 9.17) is 16.3 Å². The third-order valence-electron chi connectivity index (χ3n) is 4.11. The van der Waals surface area contributed by atoms with Gasteiger partial charge in [0.25, 0.3) is 5.91 Å². The summed E-state index contributed by atoms with van der Waals surface area (Å²) in [6.07, 6.45) is 1.37. The molecule has 3 aromatic carbocycles. The van der Waals surface area contributed by atoms with Crippen LogP contribution in [0.25, 0.3) is 0 Å². The molecule has 0 heterocycles. The molecule has 0 fully saturated rings. The Morgan fingerprint density at radius 2 is 1.55 bits per heavy atom. The standard InChI is InChI=1S/C23H18BrClN4O4/c24-17-5-1-3-7-19(17)28-22(31)23(32)29-26-13-15-9-11-16(12-10-15)33-14-21(30)27-20-8-4-2-6-18(20)25/h1-13H,14H2,(H,27,30)(H,28,31)(H,29,32)/b26-13-. The Hall–Kier alpha value is -3.69. The molecule has 3 N–H and O–H groups in total. The number of carbonyl (C=O) groups excluding carboxylic acids is 3. The number of rotatable bonds is 7. The Morgan fingerprint density at radius 1 is 0.879 bits per heavy atom. The lowest BCUT2D eigenvalue weighted by Crippen LogP contribution is -2.32. The average molecular weight is 530 g/mol. The van der Waals surface area contributed by atoms with Crippen molar-refractivity contribution in [1.29, 1.82) is 0 Å². The van der Waals surface area contributed by atoms with Gasteiger partial charge < -0.3 is 15.4 Å². The molecule has 3 rings (SSSR count). The van der Waals surface area contributed by atoms with Crippen LogP contribution in [-0.2, 0) is 14.4 Å². The van der Waals surface area contributed by atoms with Crippen LogP contribution in [0.1, 0.15) is 5.56 Å². The summed E-state index contributed by atoms with van der Waals surface area (Å²) in [7, 11) is 0. The second-order valence-corrected chi connectivity index (χ2v) is 7.78. The lowest BCUT2D eigenvalue weighted by Gasteiger charge is -2.08. The first kappa shape index (κ1) is 24.0. The third-order valence-corrected chi connectivity index (χ3v) is 5.13. The van der Waals surface area contributed by atoms with E-state index in [0.717, 1.165) is 0 Å². The molecule has 0 bridgehead atoms. The molecule has 0 saturated carbocycles. The van der Waals surface area contributed by atoms with Crippen LogP contribution in [0.3, 0.4) is 0 Å². The molecular weight excluding hydrogens is 512 g/mol. The number of hydrogen-bond acceptors (Lipinski definition) is 5. The van der Waals surface area contributed by atoms with Gasteiger partial charge in [0.05, 0.1) is 22.6 Å². The Balaban J connectivity index is 1.44. The highest BCUT2D eigenvalue weighted by atomic mass is 79.9. The van der Waals surface area contributed by atoms with Gasteiger partial charge in [-0.2, -0.15) is 5.10 Å². The van der Waals surface area contributed by atoms with Gasteiger partial charge in [0.15, 0.2) is 6.61 Å². The normalized spacial score (nSPS) is 10.5. The summed E-state index contributed by atoms with van der Waals surface area (Å²) in [5.74, 6) is -1.64. The van der Waals surface area contributed by atoms with E-state index in [1.807, 2.05) is 0 Å². The Bertz CT molecular complexity index is 1190. The Morgan fingerprint density at radius 3 is 2.24 bits per heavy atom. The quantitative estimate of drug-likeness (QED) is 0.242. The molecule has 0 saturated heterocycles. The molecule has 8 nitrogen and oxygen atoms in total. The molecule has 10 heteroatoms. The van der Waals surface area contributed by atoms with Gasteiger partial charge in [-0.3, -0.25) is 14.4 Å². The lowest BCUT2D eigenvalue weighted by molar-refractivity contribution is -0.136. The van der Waals surface area contributed by atoms with Crippen LogP contribution in [0, 0.1) is 0 Å². The molecule has 0 spiro atoms. The zero-order chi connectivity index (χ0) is 23.6. The van der Waals surface area contributed by atoms with Gasteiger partial charge in [-0.05, 0) is 70.0 Å². The predicted molar refractivity (Wildman–Crippen MR) is 131 cm³/mol. The van der Waals surface area contributed by atoms with Crippen molar-refractivity contribution < 1.29 is 19.1 Å². The number of benzene rings is 3. The monoisotopic (exact) mass is 528 g/mol. The average Bonchev–Trinajstić information content (AvgIpc) is 2.81. The second-order valence-electron chi connectivity index (χ2n) is 6.52. The number of nitrogens with zero attached hydrogens (tertiary/aromatic N) is 1. The van der Waals surface area contributed by atoms with Crippen LogP contribution in [0.15, 0.2) is 82.4 Å². The number of hydrazone groups is 1. The number of ether oxygens (including phenoxy) is 1. The van der Waals surface area contributed by atoms with Crippen LogP contribution >= 0.6 is 27.5 Å². The van der Waals surface area contributed by atoms with Crippen molar-refractivity contribution in [3.63, 3.8) is 0 Å². The maximum atomic E-state index is 12.0. The fraction of sp³-hybridized carbons (Fsp3) is 0.0435. The predicted octanol–water partition coefficient (Wildman–Crippen LogP) is 4.21. The zero-order valence-corrected chi connectivity index (χ0v) is 19.4. The van der Waals surface area contributed by atoms with Gasteiger partial charge >= 0.3 is 11.8 Å². The summed E-state index contributed by atoms with van der Waals surface area (Å²) >= 11 is 9.29. The van der Waals surface area contributed by atoms with Crippen molar-refractivity contribution >= 4 is 62.8 Å². The summed E-state index contributed by atoms with van der Waals surface area (Å²) in [4.78, 5) is 35.8. The first-order chi connectivity index (χ1) is 15.9. The van der Waals surface area contributed by atoms with Gasteiger partial charge in [0.2, 0.25) is 0 Å². The number of para-hydroxylation sites is 2. The smallest absolute Gasteiger partial charge is 0.329 e. The van der Waals surface area contributed by atoms with E-state index in [0.29, 0.717) is 32.2 Å². The van der Waals surface area contributed by atoms with Gasteiger partial charge in [-0.25, -0.2) is 5.43 Å². The first-order valence-corrected chi connectivity index (χ1v) is 10.8. The Labute approximate surface area is 203 Å². The SMILES string of the molecule is O=C(COc1ccc(/C=N\NC(=O)C(=O)Nc2ccccc2Br)cc1)Nc1ccccc1Cl. The van der Waals surface area contributed by atoms with Crippen LogP contribution in [0.2, 0.25) is 5.02 Å². The summed E-state index contributed by atoms with van der Waals surface area (Å²) in [6, 6.07) is 20.5. The molecule has 0 aliphatic carbocycles. The van der Waals surface area contributed by atoms with Crippen LogP contribution < -0.4 is 20.8 Å². The van der Waals surface area contributed by atoms with Gasteiger partial charge in [-0.15, -0.1) is 0 Å². The molecular formula is C23H18BrClN4O4. The molecule has 3 amide bonds. The van der Waals surface area contributed by atoms with Crippen LogP contribution in [0.4, 0.5) is 11.4 Å². The topological polar surface area (TPSA) is 109 Å². The maximum Gasteiger partial charge on any atom is 0.329 e. The number of anilines is 2. The highest BCUT2D eigenvalue weighted by Crippen LogP contribution is 2.21. The van der Waals surface area contributed by atoms with Crippen molar-refractivity contribution in [2.75, 3.05) is 17.2 Å². The van der Waals surface area contributed by atoms with Crippen molar-refractivity contribution in [2.24, 2.45) is 5.10 Å². The molecule has 33 heavy (non-hydrogen) atoms. The van der Waals surface area contributed by atoms with Crippen molar-refractivity contribution in [1.82, 2.24) is 5.43 Å². The van der Waals surface area contributed by atoms with E-state index >= 15 is 0 Å². The largest absolute Gasteiger partial charge is 0.484 e. The minimum absolute atomic E-state index is 0.193. The summed E-state index contributed by atoms with van der Waals surface area (Å²) < 4.78 is 6.10. The van der Waals surface area contributed by atoms with E-state index in [1.54, 1.807) is 72.8 Å². The molecule has 3 aromatic rings. The van der Waals surface area contributed by atoms with Gasteiger partial charge in [0.1, 0.15) is 5.75 Å². The highest BCUT2D eigenvalue weighted by Gasteiger charge is 2.14. The number of amides is 3. The van der Waals surface area contributed by atoms with E-state index in [1.165, 1.54) is 6.21 Å².